The first kappa shape index (κ1) is 12.3. The van der Waals surface area contributed by atoms with Crippen molar-refractivity contribution in [1.29, 1.82) is 0 Å². The van der Waals surface area contributed by atoms with Crippen LogP contribution in [0.5, 0.6) is 17.2 Å². The number of rotatable bonds is 2. The molecular formula is C12H13NO5. The van der Waals surface area contributed by atoms with Crippen LogP contribution in [0.2, 0.25) is 0 Å². The topological polar surface area (TPSA) is 74.7 Å². The number of pyridine rings is 1. The van der Waals surface area contributed by atoms with Gasteiger partial charge in [-0.1, -0.05) is 6.92 Å². The van der Waals surface area contributed by atoms with Gasteiger partial charge in [-0.2, -0.15) is 0 Å². The molecule has 1 aliphatic heterocycles. The number of hydrogen-bond donors (Lipinski definition) is 0. The highest BCUT2D eigenvalue weighted by molar-refractivity contribution is 5.83. The Kier molecular flexibility index (Phi) is 3.45. The summed E-state index contributed by atoms with van der Waals surface area (Å²) in [5.74, 6) is -0.400. The third-order valence-corrected chi connectivity index (χ3v) is 2.54. The highest BCUT2D eigenvalue weighted by Crippen LogP contribution is 2.40. The van der Waals surface area contributed by atoms with E-state index < -0.39 is 11.9 Å². The Hall–Kier alpha value is -2.11. The molecule has 0 spiro atoms. The van der Waals surface area contributed by atoms with E-state index in [2.05, 4.69) is 4.98 Å². The zero-order chi connectivity index (χ0) is 13.1. The molecule has 6 nitrogen and oxygen atoms in total. The van der Waals surface area contributed by atoms with Gasteiger partial charge in [-0.25, -0.2) is 0 Å². The molecular weight excluding hydrogens is 238 g/mol. The van der Waals surface area contributed by atoms with Gasteiger partial charge in [0.05, 0.1) is 31.8 Å². The minimum absolute atomic E-state index is 0.00385. The minimum Gasteiger partial charge on any atom is -0.491 e. The van der Waals surface area contributed by atoms with Crippen molar-refractivity contribution in [2.24, 2.45) is 0 Å². The average molecular weight is 251 g/mol. The summed E-state index contributed by atoms with van der Waals surface area (Å²) in [6, 6.07) is 0. The molecule has 0 aliphatic carbocycles. The van der Waals surface area contributed by atoms with Gasteiger partial charge < -0.3 is 14.2 Å². The fourth-order valence-corrected chi connectivity index (χ4v) is 1.67. The van der Waals surface area contributed by atoms with Crippen LogP contribution in [0.4, 0.5) is 0 Å². The van der Waals surface area contributed by atoms with E-state index in [-0.39, 0.29) is 24.3 Å². The quantitative estimate of drug-likeness (QED) is 0.736. The number of methoxy groups -OCH3 is 1. The van der Waals surface area contributed by atoms with Gasteiger partial charge in [0.25, 0.3) is 0 Å². The van der Waals surface area contributed by atoms with E-state index in [0.717, 1.165) is 0 Å². The Morgan fingerprint density at radius 3 is 2.56 bits per heavy atom. The standard InChI is InChI=1S/C12H13NO5/c1-3-7-11(16-2)12-8(6-13-7)17-9(14)4-5-10(15)18-12/h6H,3-5H2,1-2H3. The number of nitrogens with zero attached hydrogens (tertiary/aromatic N) is 1. The maximum atomic E-state index is 11.5. The van der Waals surface area contributed by atoms with Gasteiger partial charge in [0.2, 0.25) is 5.75 Å². The lowest BCUT2D eigenvalue weighted by atomic mass is 10.2. The third-order valence-electron chi connectivity index (χ3n) is 2.54. The number of ether oxygens (including phenoxy) is 3. The number of hydrogen-bond acceptors (Lipinski definition) is 6. The fraction of sp³-hybridized carbons (Fsp3) is 0.417. The molecule has 0 fully saturated rings. The van der Waals surface area contributed by atoms with Crippen molar-refractivity contribution in [1.82, 2.24) is 4.98 Å². The molecule has 0 N–H and O–H groups in total. The smallest absolute Gasteiger partial charge is 0.312 e. The SMILES string of the molecule is CCc1ncc2c(c1OC)OC(=O)CCC(=O)O2. The predicted molar refractivity (Wildman–Crippen MR) is 60.7 cm³/mol. The molecule has 0 amide bonds. The van der Waals surface area contributed by atoms with Crippen LogP contribution < -0.4 is 14.2 Å². The van der Waals surface area contributed by atoms with E-state index in [1.54, 1.807) is 0 Å². The van der Waals surface area contributed by atoms with Crippen molar-refractivity contribution in [2.75, 3.05) is 7.11 Å². The van der Waals surface area contributed by atoms with Crippen molar-refractivity contribution in [3.63, 3.8) is 0 Å². The molecule has 1 aliphatic rings. The molecule has 96 valence electrons. The zero-order valence-corrected chi connectivity index (χ0v) is 10.2. The van der Waals surface area contributed by atoms with Crippen LogP contribution in [0, 0.1) is 0 Å². The Labute approximate surface area is 104 Å². The van der Waals surface area contributed by atoms with E-state index in [1.165, 1.54) is 13.3 Å². The van der Waals surface area contributed by atoms with Crippen LogP contribution in [-0.4, -0.2) is 24.0 Å². The van der Waals surface area contributed by atoms with Crippen LogP contribution >= 0.6 is 0 Å². The number of esters is 2. The normalized spacial score (nSPS) is 15.0. The molecule has 2 heterocycles. The van der Waals surface area contributed by atoms with E-state index >= 15 is 0 Å². The Morgan fingerprint density at radius 2 is 1.94 bits per heavy atom. The first-order valence-corrected chi connectivity index (χ1v) is 5.63. The molecule has 0 radical (unpaired) electrons. The summed E-state index contributed by atoms with van der Waals surface area (Å²) < 4.78 is 15.4. The first-order chi connectivity index (χ1) is 8.65. The largest absolute Gasteiger partial charge is 0.491 e. The van der Waals surface area contributed by atoms with Gasteiger partial charge in [0, 0.05) is 0 Å². The average Bonchev–Trinajstić information content (AvgIpc) is 2.36. The second-order valence-corrected chi connectivity index (χ2v) is 3.73. The number of aryl methyl sites for hydroxylation is 1. The molecule has 1 aromatic heterocycles. The van der Waals surface area contributed by atoms with E-state index in [4.69, 9.17) is 14.2 Å². The fourth-order valence-electron chi connectivity index (χ4n) is 1.67. The first-order valence-electron chi connectivity index (χ1n) is 5.63. The van der Waals surface area contributed by atoms with Crippen molar-refractivity contribution in [3.05, 3.63) is 11.9 Å². The van der Waals surface area contributed by atoms with E-state index in [9.17, 15) is 9.59 Å². The Balaban J connectivity index is 2.53. The summed E-state index contributed by atoms with van der Waals surface area (Å²) in [6.45, 7) is 1.90. The van der Waals surface area contributed by atoms with Crippen LogP contribution in [0.25, 0.3) is 0 Å². The van der Waals surface area contributed by atoms with Gasteiger partial charge in [-0.05, 0) is 6.42 Å². The van der Waals surface area contributed by atoms with Gasteiger partial charge >= 0.3 is 11.9 Å². The maximum Gasteiger partial charge on any atom is 0.312 e. The van der Waals surface area contributed by atoms with Crippen LogP contribution in [-0.2, 0) is 16.0 Å². The maximum absolute atomic E-state index is 11.5. The van der Waals surface area contributed by atoms with Gasteiger partial charge in [0.15, 0.2) is 11.5 Å². The lowest BCUT2D eigenvalue weighted by molar-refractivity contribution is -0.142. The van der Waals surface area contributed by atoms with Crippen LogP contribution in [0.1, 0.15) is 25.5 Å². The second-order valence-electron chi connectivity index (χ2n) is 3.73. The summed E-state index contributed by atoms with van der Waals surface area (Å²) in [4.78, 5) is 27.0. The van der Waals surface area contributed by atoms with E-state index in [1.807, 2.05) is 6.92 Å². The van der Waals surface area contributed by atoms with Gasteiger partial charge in [-0.15, -0.1) is 0 Å². The molecule has 1 aromatic rings. The van der Waals surface area contributed by atoms with E-state index in [0.29, 0.717) is 17.9 Å². The number of fused-ring (bicyclic) bond motifs is 1. The summed E-state index contributed by atoms with van der Waals surface area (Å²) in [5, 5.41) is 0. The molecule has 0 unspecified atom stereocenters. The van der Waals surface area contributed by atoms with Gasteiger partial charge in [0.1, 0.15) is 0 Å². The monoisotopic (exact) mass is 251 g/mol. The molecule has 0 aromatic carbocycles. The van der Waals surface area contributed by atoms with Crippen LogP contribution in [0.3, 0.4) is 0 Å². The van der Waals surface area contributed by atoms with Crippen LogP contribution in [0.15, 0.2) is 6.20 Å². The minimum atomic E-state index is -0.487. The summed E-state index contributed by atoms with van der Waals surface area (Å²) in [5.41, 5.74) is 0.640. The number of carbonyl (C=O) groups excluding carboxylic acids is 2. The molecule has 0 saturated heterocycles. The highest BCUT2D eigenvalue weighted by Gasteiger charge is 2.25. The second kappa shape index (κ2) is 5.03. The van der Waals surface area contributed by atoms with Crippen molar-refractivity contribution < 1.29 is 23.8 Å². The molecule has 18 heavy (non-hydrogen) atoms. The molecule has 2 rings (SSSR count). The molecule has 0 bridgehead atoms. The Bertz CT molecular complexity index is 497. The summed E-state index contributed by atoms with van der Waals surface area (Å²) in [7, 11) is 1.45. The molecule has 6 heteroatoms. The molecule has 0 atom stereocenters. The van der Waals surface area contributed by atoms with Crippen molar-refractivity contribution in [3.8, 4) is 17.2 Å². The lowest BCUT2D eigenvalue weighted by Crippen LogP contribution is -2.19. The third kappa shape index (κ3) is 2.27. The molecule has 0 saturated carbocycles. The number of aromatic nitrogens is 1. The predicted octanol–water partition coefficient (Wildman–Crippen LogP) is 1.26. The Morgan fingerprint density at radius 1 is 1.28 bits per heavy atom. The zero-order valence-electron chi connectivity index (χ0n) is 10.2. The summed E-state index contributed by atoms with van der Waals surface area (Å²) in [6.07, 6.45) is 1.97. The van der Waals surface area contributed by atoms with Crippen molar-refractivity contribution >= 4 is 11.9 Å². The summed E-state index contributed by atoms with van der Waals surface area (Å²) >= 11 is 0. The lowest BCUT2D eigenvalue weighted by Gasteiger charge is -2.17. The van der Waals surface area contributed by atoms with Gasteiger partial charge in [-0.3, -0.25) is 14.6 Å². The highest BCUT2D eigenvalue weighted by atomic mass is 16.6. The van der Waals surface area contributed by atoms with Crippen molar-refractivity contribution in [2.45, 2.75) is 26.2 Å². The number of carbonyl (C=O) groups is 2.